The Labute approximate surface area is 93.5 Å². The molecule has 0 spiro atoms. The molecule has 0 saturated carbocycles. The average molecular weight is 225 g/mol. The van der Waals surface area contributed by atoms with Gasteiger partial charge in [-0.15, -0.1) is 10.2 Å². The predicted octanol–water partition coefficient (Wildman–Crippen LogP) is 2.16. The molecule has 0 aliphatic carbocycles. The molecule has 4 nitrogen and oxygen atoms in total. The summed E-state index contributed by atoms with van der Waals surface area (Å²) < 4.78 is 5.56. The van der Waals surface area contributed by atoms with Crippen LogP contribution in [0.1, 0.15) is 31.7 Å². The SMILES string of the molecule is C=C(C)CSc1nnc([C@@H]2CCCN2)o1. The summed E-state index contributed by atoms with van der Waals surface area (Å²) in [6.07, 6.45) is 2.27. The second kappa shape index (κ2) is 4.81. The van der Waals surface area contributed by atoms with Gasteiger partial charge in [0.05, 0.1) is 6.04 Å². The van der Waals surface area contributed by atoms with E-state index >= 15 is 0 Å². The number of hydrogen-bond donors (Lipinski definition) is 1. The van der Waals surface area contributed by atoms with Crippen molar-refractivity contribution in [2.75, 3.05) is 12.3 Å². The van der Waals surface area contributed by atoms with Crippen molar-refractivity contribution in [3.63, 3.8) is 0 Å². The van der Waals surface area contributed by atoms with E-state index in [0.717, 1.165) is 30.2 Å². The highest BCUT2D eigenvalue weighted by Crippen LogP contribution is 2.25. The van der Waals surface area contributed by atoms with E-state index in [1.807, 2.05) is 6.92 Å². The van der Waals surface area contributed by atoms with Gasteiger partial charge in [-0.25, -0.2) is 0 Å². The molecule has 2 heterocycles. The fourth-order valence-electron chi connectivity index (χ4n) is 1.50. The minimum atomic E-state index is 0.261. The van der Waals surface area contributed by atoms with Crippen LogP contribution in [0.4, 0.5) is 0 Å². The smallest absolute Gasteiger partial charge is 0.276 e. The van der Waals surface area contributed by atoms with Gasteiger partial charge in [0.2, 0.25) is 5.89 Å². The van der Waals surface area contributed by atoms with Crippen molar-refractivity contribution in [2.24, 2.45) is 0 Å². The highest BCUT2D eigenvalue weighted by molar-refractivity contribution is 7.99. The van der Waals surface area contributed by atoms with Crippen LogP contribution >= 0.6 is 11.8 Å². The van der Waals surface area contributed by atoms with E-state index in [1.165, 1.54) is 6.42 Å². The third-order valence-electron chi connectivity index (χ3n) is 2.22. The number of aromatic nitrogens is 2. The maximum absolute atomic E-state index is 5.56. The standard InChI is InChI=1S/C10H15N3OS/c1-7(2)6-15-10-13-12-9(14-10)8-4-3-5-11-8/h8,11H,1,3-6H2,2H3/t8-/m0/s1. The monoisotopic (exact) mass is 225 g/mol. The fraction of sp³-hybridized carbons (Fsp3) is 0.600. The van der Waals surface area contributed by atoms with Gasteiger partial charge in [0.1, 0.15) is 0 Å². The molecule has 2 rings (SSSR count). The average Bonchev–Trinajstić information content (AvgIpc) is 2.85. The lowest BCUT2D eigenvalue weighted by atomic mass is 10.2. The molecule has 1 saturated heterocycles. The lowest BCUT2D eigenvalue weighted by Crippen LogP contribution is -2.12. The summed E-state index contributed by atoms with van der Waals surface area (Å²) in [5.41, 5.74) is 1.11. The highest BCUT2D eigenvalue weighted by Gasteiger charge is 2.21. The Morgan fingerprint density at radius 1 is 1.67 bits per heavy atom. The first-order valence-electron chi connectivity index (χ1n) is 5.09. The van der Waals surface area contributed by atoms with Gasteiger partial charge < -0.3 is 9.73 Å². The minimum Gasteiger partial charge on any atom is -0.414 e. The molecule has 15 heavy (non-hydrogen) atoms. The van der Waals surface area contributed by atoms with Gasteiger partial charge in [-0.3, -0.25) is 0 Å². The Morgan fingerprint density at radius 3 is 3.20 bits per heavy atom. The van der Waals surface area contributed by atoms with Crippen LogP contribution in [-0.2, 0) is 0 Å². The maximum Gasteiger partial charge on any atom is 0.276 e. The minimum absolute atomic E-state index is 0.261. The Balaban J connectivity index is 1.94. The van der Waals surface area contributed by atoms with Crippen molar-refractivity contribution in [1.82, 2.24) is 15.5 Å². The van der Waals surface area contributed by atoms with Crippen LogP contribution in [0.25, 0.3) is 0 Å². The Morgan fingerprint density at radius 2 is 2.53 bits per heavy atom. The van der Waals surface area contributed by atoms with Gasteiger partial charge in [-0.05, 0) is 26.3 Å². The van der Waals surface area contributed by atoms with Gasteiger partial charge in [0, 0.05) is 5.75 Å². The zero-order valence-electron chi connectivity index (χ0n) is 8.82. The van der Waals surface area contributed by atoms with E-state index < -0.39 is 0 Å². The summed E-state index contributed by atoms with van der Waals surface area (Å²) in [7, 11) is 0. The molecule has 1 aliphatic heterocycles. The predicted molar refractivity (Wildman–Crippen MR) is 59.8 cm³/mol. The number of nitrogens with one attached hydrogen (secondary N) is 1. The van der Waals surface area contributed by atoms with Crippen LogP contribution in [0.5, 0.6) is 0 Å². The van der Waals surface area contributed by atoms with Crippen LogP contribution < -0.4 is 5.32 Å². The molecular formula is C10H15N3OS. The largest absolute Gasteiger partial charge is 0.414 e. The van der Waals surface area contributed by atoms with E-state index in [2.05, 4.69) is 22.1 Å². The molecule has 1 atom stereocenters. The summed E-state index contributed by atoms with van der Waals surface area (Å²) >= 11 is 1.54. The number of thioether (sulfide) groups is 1. The molecule has 0 bridgehead atoms. The zero-order valence-corrected chi connectivity index (χ0v) is 9.64. The highest BCUT2D eigenvalue weighted by atomic mass is 32.2. The lowest BCUT2D eigenvalue weighted by Gasteiger charge is -2.02. The zero-order chi connectivity index (χ0) is 10.7. The van der Waals surface area contributed by atoms with Gasteiger partial charge in [-0.2, -0.15) is 0 Å². The molecule has 1 N–H and O–H groups in total. The maximum atomic E-state index is 5.56. The Bertz CT molecular complexity index is 344. The molecule has 1 aliphatic rings. The molecule has 1 aromatic rings. The van der Waals surface area contributed by atoms with Crippen molar-refractivity contribution in [1.29, 1.82) is 0 Å². The van der Waals surface area contributed by atoms with Crippen molar-refractivity contribution in [3.8, 4) is 0 Å². The van der Waals surface area contributed by atoms with Gasteiger partial charge >= 0.3 is 0 Å². The van der Waals surface area contributed by atoms with E-state index in [0.29, 0.717) is 5.22 Å². The van der Waals surface area contributed by atoms with Gasteiger partial charge in [0.15, 0.2) is 0 Å². The lowest BCUT2D eigenvalue weighted by molar-refractivity contribution is 0.374. The van der Waals surface area contributed by atoms with Gasteiger partial charge in [0.25, 0.3) is 5.22 Å². The molecule has 82 valence electrons. The molecule has 0 amide bonds. The summed E-state index contributed by atoms with van der Waals surface area (Å²) in [4.78, 5) is 0. The van der Waals surface area contributed by atoms with Crippen LogP contribution in [0.3, 0.4) is 0 Å². The molecule has 1 fully saturated rings. The normalized spacial score (nSPS) is 20.7. The van der Waals surface area contributed by atoms with E-state index in [9.17, 15) is 0 Å². The number of rotatable bonds is 4. The molecule has 0 radical (unpaired) electrons. The van der Waals surface area contributed by atoms with Crippen molar-refractivity contribution >= 4 is 11.8 Å². The van der Waals surface area contributed by atoms with Gasteiger partial charge in [-0.1, -0.05) is 23.9 Å². The first-order chi connectivity index (χ1) is 7.25. The first-order valence-corrected chi connectivity index (χ1v) is 6.08. The van der Waals surface area contributed by atoms with Crippen molar-refractivity contribution < 1.29 is 4.42 Å². The molecule has 5 heteroatoms. The van der Waals surface area contributed by atoms with E-state index in [1.54, 1.807) is 11.8 Å². The topological polar surface area (TPSA) is 51.0 Å². The van der Waals surface area contributed by atoms with Crippen LogP contribution in [0, 0.1) is 0 Å². The van der Waals surface area contributed by atoms with E-state index in [-0.39, 0.29) is 6.04 Å². The Kier molecular flexibility index (Phi) is 3.43. The number of nitrogens with zero attached hydrogens (tertiary/aromatic N) is 2. The summed E-state index contributed by atoms with van der Waals surface area (Å²) in [5.74, 6) is 1.55. The number of hydrogen-bond acceptors (Lipinski definition) is 5. The quantitative estimate of drug-likeness (QED) is 0.628. The first kappa shape index (κ1) is 10.7. The summed E-state index contributed by atoms with van der Waals surface area (Å²) in [6, 6.07) is 0.261. The van der Waals surface area contributed by atoms with Crippen molar-refractivity contribution in [3.05, 3.63) is 18.0 Å². The molecular weight excluding hydrogens is 210 g/mol. The molecule has 0 aromatic carbocycles. The summed E-state index contributed by atoms with van der Waals surface area (Å²) in [5, 5.41) is 12.0. The molecule has 0 unspecified atom stereocenters. The fourth-order valence-corrected chi connectivity index (χ4v) is 2.11. The van der Waals surface area contributed by atoms with Crippen LogP contribution in [0.15, 0.2) is 21.8 Å². The Hall–Kier alpha value is -0.810. The third kappa shape index (κ3) is 2.82. The van der Waals surface area contributed by atoms with E-state index in [4.69, 9.17) is 4.42 Å². The molecule has 1 aromatic heterocycles. The van der Waals surface area contributed by atoms with Crippen LogP contribution in [-0.4, -0.2) is 22.5 Å². The second-order valence-corrected chi connectivity index (χ2v) is 4.73. The third-order valence-corrected chi connectivity index (χ3v) is 3.27. The second-order valence-electron chi connectivity index (χ2n) is 3.80. The van der Waals surface area contributed by atoms with Crippen LogP contribution in [0.2, 0.25) is 0 Å². The summed E-state index contributed by atoms with van der Waals surface area (Å²) in [6.45, 7) is 6.86. The van der Waals surface area contributed by atoms with Crippen molar-refractivity contribution in [2.45, 2.75) is 31.0 Å².